The Morgan fingerprint density at radius 3 is 2.49 bits per heavy atom. The Balaban J connectivity index is 1.30. The van der Waals surface area contributed by atoms with Crippen molar-refractivity contribution in [3.63, 3.8) is 0 Å². The Morgan fingerprint density at radius 1 is 0.977 bits per heavy atom. The number of urea groups is 1. The van der Waals surface area contributed by atoms with Crippen molar-refractivity contribution in [2.75, 3.05) is 19.7 Å². The van der Waals surface area contributed by atoms with Crippen LogP contribution in [-0.4, -0.2) is 45.5 Å². The molecule has 3 aromatic carbocycles. The van der Waals surface area contributed by atoms with E-state index < -0.39 is 29.0 Å². The number of amides is 2. The van der Waals surface area contributed by atoms with Crippen LogP contribution in [-0.2, 0) is 18.4 Å². The van der Waals surface area contributed by atoms with Crippen molar-refractivity contribution >= 4 is 26.3 Å². The highest BCUT2D eigenvalue weighted by molar-refractivity contribution is 7.17. The molecule has 6 nitrogen and oxygen atoms in total. The zero-order chi connectivity index (χ0) is 30.5. The van der Waals surface area contributed by atoms with Crippen LogP contribution in [0.4, 0.5) is 26.7 Å². The first kappa shape index (κ1) is 29.4. The number of alkyl halides is 5. The minimum Gasteiger partial charge on any atom is -0.491 e. The van der Waals surface area contributed by atoms with E-state index in [1.54, 1.807) is 4.90 Å². The number of aromatic amines is 1. The fourth-order valence-corrected chi connectivity index (χ4v) is 6.11. The predicted octanol–water partition coefficient (Wildman–Crippen LogP) is 8.02. The maximum atomic E-state index is 14.2. The Morgan fingerprint density at radius 2 is 1.72 bits per heavy atom. The molecule has 0 spiro atoms. The summed E-state index contributed by atoms with van der Waals surface area (Å²) < 4.78 is 75.5. The van der Waals surface area contributed by atoms with Crippen LogP contribution in [0, 0.1) is 6.92 Å². The molecule has 12 heteroatoms. The molecule has 3 heterocycles. The number of piperidine rings is 1. The molecule has 0 bridgehead atoms. The van der Waals surface area contributed by atoms with Gasteiger partial charge in [0.2, 0.25) is 0 Å². The maximum absolute atomic E-state index is 14.2. The van der Waals surface area contributed by atoms with Crippen LogP contribution in [0.2, 0.25) is 0 Å². The molecule has 4 aromatic rings. The number of nitrogens with zero attached hydrogens (tertiary/aromatic N) is 3. The smallest absolute Gasteiger partial charge is 0.416 e. The topological polar surface area (TPSA) is 61.5 Å². The molecule has 6 rings (SSSR count). The van der Waals surface area contributed by atoms with E-state index in [0.717, 1.165) is 45.7 Å². The molecule has 1 aromatic heterocycles. The number of imidazole rings is 1. The van der Waals surface area contributed by atoms with Crippen molar-refractivity contribution in [3.8, 4) is 16.9 Å². The lowest BCUT2D eigenvalue weighted by Gasteiger charge is -2.39. The second kappa shape index (κ2) is 11.1. The summed E-state index contributed by atoms with van der Waals surface area (Å²) in [6.07, 6.45) is -3.12. The van der Waals surface area contributed by atoms with Gasteiger partial charge in [0.15, 0.2) is 0 Å². The fraction of sp³-hybridized carbons (Fsp3) is 0.355. The lowest BCUT2D eigenvalue weighted by molar-refractivity contribution is -0.137. The number of hydrogen-bond acceptors (Lipinski definition) is 3. The maximum Gasteiger partial charge on any atom is 0.416 e. The zero-order valence-corrected chi connectivity index (χ0v) is 24.5. The van der Waals surface area contributed by atoms with Crippen molar-refractivity contribution in [1.29, 1.82) is 0 Å². The van der Waals surface area contributed by atoms with E-state index in [1.807, 2.05) is 43.3 Å². The molecular formula is C31H30F5N4O2P. The van der Waals surface area contributed by atoms with E-state index in [9.17, 15) is 26.7 Å². The minimum absolute atomic E-state index is 0.0539. The number of fused-ring (bicyclic) bond motifs is 2. The largest absolute Gasteiger partial charge is 0.491 e. The van der Waals surface area contributed by atoms with Gasteiger partial charge in [-0.2, -0.15) is 22.0 Å². The van der Waals surface area contributed by atoms with Gasteiger partial charge < -0.3 is 19.5 Å². The molecular weight excluding hydrogens is 586 g/mol. The number of carbonyl (C=O) groups is 1. The summed E-state index contributed by atoms with van der Waals surface area (Å²) in [5.41, 5.74) is -0.960. The first-order valence-electron chi connectivity index (χ1n) is 14.0. The summed E-state index contributed by atoms with van der Waals surface area (Å²) >= 11 is 0. The zero-order valence-electron chi connectivity index (χ0n) is 23.3. The first-order chi connectivity index (χ1) is 20.4. The monoisotopic (exact) mass is 616 g/mol. The summed E-state index contributed by atoms with van der Waals surface area (Å²) in [5.74, 6) is 1.47. The number of carbonyl (C=O) groups excluding carboxylic acids is 1. The van der Waals surface area contributed by atoms with Crippen LogP contribution >= 0.6 is 9.24 Å². The quantitative estimate of drug-likeness (QED) is 0.187. The number of rotatable bonds is 3. The number of benzene rings is 3. The number of likely N-dealkylation sites (tertiary alicyclic amines) is 1. The molecule has 0 aliphatic carbocycles. The number of ether oxygens (including phenoxy) is 1. The van der Waals surface area contributed by atoms with Crippen LogP contribution in [0.1, 0.15) is 53.4 Å². The molecule has 226 valence electrons. The standard InChI is InChI=1S/C31H30F5N4O2P/c1-18-37-25-7-5-20(15-26(25)38-18)19-6-8-28-22(12-19)17-39(10-11-42-28)29(41)40-9-3-2-4-27(40)21-13-23(30(32,33)34)16-24(14-21)31(35,36)43/h5-8,12-16,27H,2-4,9-11,17,43H2,1H3,(H,37,38). The van der Waals surface area contributed by atoms with Gasteiger partial charge in [0, 0.05) is 17.7 Å². The molecule has 2 aliphatic heterocycles. The molecule has 43 heavy (non-hydrogen) atoms. The molecule has 1 fully saturated rings. The average Bonchev–Trinajstić information content (AvgIpc) is 3.21. The van der Waals surface area contributed by atoms with Crippen LogP contribution in [0.15, 0.2) is 54.6 Å². The molecule has 2 amide bonds. The molecule has 2 atom stereocenters. The highest BCUT2D eigenvalue weighted by atomic mass is 31.0. The van der Waals surface area contributed by atoms with Crippen LogP contribution < -0.4 is 4.74 Å². The fourth-order valence-electron chi connectivity index (χ4n) is 5.94. The second-order valence-corrected chi connectivity index (χ2v) is 11.8. The highest BCUT2D eigenvalue weighted by Gasteiger charge is 2.38. The van der Waals surface area contributed by atoms with E-state index in [1.165, 1.54) is 14.1 Å². The van der Waals surface area contributed by atoms with Crippen LogP contribution in [0.25, 0.3) is 22.2 Å². The summed E-state index contributed by atoms with van der Waals surface area (Å²) in [5, 5.41) is 0. The Bertz CT molecular complexity index is 1650. The van der Waals surface area contributed by atoms with Gasteiger partial charge in [-0.25, -0.2) is 9.78 Å². The van der Waals surface area contributed by atoms with E-state index in [-0.39, 0.29) is 31.3 Å². The SMILES string of the molecule is Cc1nc2ccc(-c3ccc4c(c3)CN(C(=O)N3CCCCC3c3cc(C(F)(F)F)cc(C(F)(F)P)c3)CCO4)cc2[nH]1. The molecule has 2 unspecified atom stereocenters. The van der Waals surface area contributed by atoms with Crippen LogP contribution in [0.5, 0.6) is 5.75 Å². The van der Waals surface area contributed by atoms with E-state index in [4.69, 9.17) is 4.74 Å². The molecule has 1 N–H and O–H groups in total. The second-order valence-electron chi connectivity index (χ2n) is 11.1. The van der Waals surface area contributed by atoms with Crippen molar-refractivity contribution in [3.05, 3.63) is 82.7 Å². The number of aryl methyl sites for hydroxylation is 1. The van der Waals surface area contributed by atoms with Gasteiger partial charge in [0.25, 0.3) is 5.66 Å². The van der Waals surface area contributed by atoms with Gasteiger partial charge in [0.05, 0.1) is 35.7 Å². The van der Waals surface area contributed by atoms with Crippen molar-refractivity contribution in [2.24, 2.45) is 0 Å². The normalized spacial score (nSPS) is 17.9. The molecule has 0 radical (unpaired) electrons. The number of aromatic nitrogens is 2. The van der Waals surface area contributed by atoms with E-state index in [0.29, 0.717) is 37.6 Å². The predicted molar refractivity (Wildman–Crippen MR) is 156 cm³/mol. The third-order valence-electron chi connectivity index (χ3n) is 8.05. The van der Waals surface area contributed by atoms with Gasteiger partial charge in [0.1, 0.15) is 18.2 Å². The summed E-state index contributed by atoms with van der Waals surface area (Å²) in [6.45, 7) is 2.93. The number of hydrogen-bond donors (Lipinski definition) is 1. The van der Waals surface area contributed by atoms with Gasteiger partial charge in [-0.05, 0) is 85.3 Å². The van der Waals surface area contributed by atoms with Crippen LogP contribution in [0.3, 0.4) is 0 Å². The lowest BCUT2D eigenvalue weighted by Crippen LogP contribution is -2.47. The first-order valence-corrected chi connectivity index (χ1v) is 14.6. The van der Waals surface area contributed by atoms with E-state index in [2.05, 4.69) is 9.97 Å². The molecule has 1 saturated heterocycles. The third kappa shape index (κ3) is 6.05. The Hall–Kier alpha value is -3.72. The summed E-state index contributed by atoms with van der Waals surface area (Å²) in [7, 11) is 1.30. The van der Waals surface area contributed by atoms with Gasteiger partial charge >= 0.3 is 12.2 Å². The average molecular weight is 617 g/mol. The lowest BCUT2D eigenvalue weighted by atomic mass is 9.92. The van der Waals surface area contributed by atoms with Gasteiger partial charge in [-0.1, -0.05) is 21.4 Å². The summed E-state index contributed by atoms with van der Waals surface area (Å²) in [6, 6.07) is 13.0. The van der Waals surface area contributed by atoms with Gasteiger partial charge in [-0.3, -0.25) is 0 Å². The van der Waals surface area contributed by atoms with Crippen molar-refractivity contribution in [2.45, 2.75) is 50.6 Å². The van der Waals surface area contributed by atoms with Crippen molar-refractivity contribution in [1.82, 2.24) is 19.8 Å². The molecule has 2 aliphatic rings. The Labute approximate surface area is 247 Å². The van der Waals surface area contributed by atoms with E-state index >= 15 is 0 Å². The molecule has 0 saturated carbocycles. The third-order valence-corrected chi connectivity index (χ3v) is 8.38. The minimum atomic E-state index is -4.81. The van der Waals surface area contributed by atoms with Gasteiger partial charge in [-0.15, -0.1) is 0 Å². The Kier molecular flexibility index (Phi) is 7.57. The summed E-state index contributed by atoms with van der Waals surface area (Å²) in [4.78, 5) is 24.8. The number of H-pyrrole nitrogens is 1. The number of halogens is 5. The number of nitrogens with one attached hydrogen (secondary N) is 1. The highest BCUT2D eigenvalue weighted by Crippen LogP contribution is 2.42. The van der Waals surface area contributed by atoms with Crippen molar-refractivity contribution < 1.29 is 31.5 Å².